The van der Waals surface area contributed by atoms with Crippen molar-refractivity contribution < 1.29 is 27.6 Å². The Bertz CT molecular complexity index is 1580. The summed E-state index contributed by atoms with van der Waals surface area (Å²) in [6.45, 7) is 3.44. The van der Waals surface area contributed by atoms with E-state index in [4.69, 9.17) is 0 Å². The highest BCUT2D eigenvalue weighted by Crippen LogP contribution is 2.32. The number of carbonyl (C=O) groups is 3. The van der Waals surface area contributed by atoms with Crippen molar-refractivity contribution in [3.05, 3.63) is 93.9 Å². The summed E-state index contributed by atoms with van der Waals surface area (Å²) >= 11 is 0. The van der Waals surface area contributed by atoms with E-state index in [-0.39, 0.29) is 34.7 Å². The van der Waals surface area contributed by atoms with Gasteiger partial charge >= 0.3 is 6.18 Å². The van der Waals surface area contributed by atoms with E-state index in [1.807, 2.05) is 19.1 Å². The Hall–Kier alpha value is -4.54. The van der Waals surface area contributed by atoms with Gasteiger partial charge in [0.15, 0.2) is 11.5 Å². The molecule has 0 atom stereocenters. The average Bonchev–Trinajstić information content (AvgIpc) is 3.36. The van der Waals surface area contributed by atoms with Crippen LogP contribution in [0.5, 0.6) is 0 Å². The Morgan fingerprint density at radius 2 is 1.69 bits per heavy atom. The smallest absolute Gasteiger partial charge is 0.345 e. The number of nitrogens with zero attached hydrogens (tertiary/aromatic N) is 4. The predicted octanol–water partition coefficient (Wildman–Crippen LogP) is 4.10. The van der Waals surface area contributed by atoms with Crippen molar-refractivity contribution in [2.45, 2.75) is 26.6 Å². The van der Waals surface area contributed by atoms with Gasteiger partial charge in [0.1, 0.15) is 0 Å². The SMILES string of the molecule is Cc1ccc(C)c(N2C(=O)c3ccc(C(=O)NCc4nnc5ccc(C(F)(F)F)cn45)cc3C2=O)c1. The molecule has 5 rings (SSSR count). The summed E-state index contributed by atoms with van der Waals surface area (Å²) in [5.74, 6) is -1.52. The number of halogens is 3. The molecule has 0 saturated heterocycles. The van der Waals surface area contributed by atoms with Gasteiger partial charge in [-0.05, 0) is 61.4 Å². The average molecular weight is 493 g/mol. The lowest BCUT2D eigenvalue weighted by atomic mass is 10.1. The molecule has 0 spiro atoms. The third-order valence-corrected chi connectivity index (χ3v) is 5.96. The molecule has 0 unspecified atom stereocenters. The monoisotopic (exact) mass is 493 g/mol. The number of fused-ring (bicyclic) bond motifs is 2. The number of alkyl halides is 3. The van der Waals surface area contributed by atoms with E-state index >= 15 is 0 Å². The Kier molecular flexibility index (Phi) is 5.35. The fourth-order valence-electron chi connectivity index (χ4n) is 4.05. The maximum absolute atomic E-state index is 13.1. The molecule has 182 valence electrons. The number of pyridine rings is 1. The number of amides is 3. The van der Waals surface area contributed by atoms with Crippen LogP contribution < -0.4 is 10.2 Å². The standard InChI is InChI=1S/C25H18F3N5O3/c1-13-3-4-14(2)19(9-13)33-23(35)17-7-5-15(10-18(17)24(33)36)22(34)29-11-21-31-30-20-8-6-16(12-32(20)21)25(26,27)28/h3-10,12H,11H2,1-2H3,(H,29,34). The normalized spacial score (nSPS) is 13.4. The number of hydrogen-bond acceptors (Lipinski definition) is 5. The summed E-state index contributed by atoms with van der Waals surface area (Å²) in [5.41, 5.74) is 1.82. The van der Waals surface area contributed by atoms with Crippen molar-refractivity contribution in [2.24, 2.45) is 0 Å². The molecule has 0 saturated carbocycles. The van der Waals surface area contributed by atoms with Gasteiger partial charge < -0.3 is 5.32 Å². The van der Waals surface area contributed by atoms with Gasteiger partial charge in [0.05, 0.1) is 28.9 Å². The number of imide groups is 1. The minimum Gasteiger partial charge on any atom is -0.345 e. The highest BCUT2D eigenvalue weighted by molar-refractivity contribution is 6.35. The molecule has 2 aromatic heterocycles. The second-order valence-corrected chi connectivity index (χ2v) is 8.44. The highest BCUT2D eigenvalue weighted by Gasteiger charge is 2.38. The van der Waals surface area contributed by atoms with Crippen LogP contribution in [-0.4, -0.2) is 32.3 Å². The maximum Gasteiger partial charge on any atom is 0.417 e. The fraction of sp³-hybridized carbons (Fsp3) is 0.160. The van der Waals surface area contributed by atoms with Crippen LogP contribution in [0.3, 0.4) is 0 Å². The third-order valence-electron chi connectivity index (χ3n) is 5.96. The predicted molar refractivity (Wildman–Crippen MR) is 123 cm³/mol. The second kappa shape index (κ2) is 8.29. The van der Waals surface area contributed by atoms with Gasteiger partial charge in [-0.3, -0.25) is 18.8 Å². The summed E-state index contributed by atoms with van der Waals surface area (Å²) in [4.78, 5) is 39.9. The summed E-state index contributed by atoms with van der Waals surface area (Å²) in [7, 11) is 0. The third kappa shape index (κ3) is 3.88. The van der Waals surface area contributed by atoms with Crippen LogP contribution in [0.1, 0.15) is 53.6 Å². The number of aromatic nitrogens is 3. The molecule has 1 aliphatic rings. The number of anilines is 1. The van der Waals surface area contributed by atoms with Crippen LogP contribution in [0.2, 0.25) is 0 Å². The van der Waals surface area contributed by atoms with E-state index < -0.39 is 29.5 Å². The molecular weight excluding hydrogens is 475 g/mol. The molecule has 0 bridgehead atoms. The van der Waals surface area contributed by atoms with Crippen LogP contribution in [0.4, 0.5) is 18.9 Å². The van der Waals surface area contributed by atoms with Crippen molar-refractivity contribution in [1.82, 2.24) is 19.9 Å². The quantitative estimate of drug-likeness (QED) is 0.432. The van der Waals surface area contributed by atoms with Gasteiger partial charge in [-0.25, -0.2) is 4.90 Å². The number of carbonyl (C=O) groups excluding carboxylic acids is 3. The van der Waals surface area contributed by atoms with Crippen molar-refractivity contribution in [2.75, 3.05) is 4.90 Å². The molecule has 1 aliphatic heterocycles. The molecular formula is C25H18F3N5O3. The van der Waals surface area contributed by atoms with Crippen LogP contribution >= 0.6 is 0 Å². The molecule has 2 aromatic carbocycles. The fourth-order valence-corrected chi connectivity index (χ4v) is 4.05. The Balaban J connectivity index is 1.38. The van der Waals surface area contributed by atoms with Crippen molar-refractivity contribution in [1.29, 1.82) is 0 Å². The molecule has 11 heteroatoms. The van der Waals surface area contributed by atoms with Crippen LogP contribution in [-0.2, 0) is 12.7 Å². The lowest BCUT2D eigenvalue weighted by Crippen LogP contribution is -2.30. The maximum atomic E-state index is 13.1. The van der Waals surface area contributed by atoms with E-state index in [1.54, 1.807) is 13.0 Å². The van der Waals surface area contributed by atoms with Gasteiger partial charge in [-0.1, -0.05) is 12.1 Å². The highest BCUT2D eigenvalue weighted by atomic mass is 19.4. The minimum atomic E-state index is -4.54. The molecule has 8 nitrogen and oxygen atoms in total. The van der Waals surface area contributed by atoms with Crippen molar-refractivity contribution >= 4 is 29.1 Å². The molecule has 0 aliphatic carbocycles. The number of rotatable bonds is 4. The van der Waals surface area contributed by atoms with Gasteiger partial charge in [0.25, 0.3) is 17.7 Å². The van der Waals surface area contributed by atoms with Crippen molar-refractivity contribution in [3.63, 3.8) is 0 Å². The van der Waals surface area contributed by atoms with E-state index in [2.05, 4.69) is 15.5 Å². The minimum absolute atomic E-state index is 0.0938. The summed E-state index contributed by atoms with van der Waals surface area (Å²) in [6, 6.07) is 11.7. The molecule has 3 amide bonds. The first-order valence-corrected chi connectivity index (χ1v) is 10.8. The second-order valence-electron chi connectivity index (χ2n) is 8.44. The van der Waals surface area contributed by atoms with E-state index in [0.29, 0.717) is 5.69 Å². The lowest BCUT2D eigenvalue weighted by molar-refractivity contribution is -0.137. The van der Waals surface area contributed by atoms with Crippen LogP contribution in [0.25, 0.3) is 5.65 Å². The molecule has 4 aromatic rings. The lowest BCUT2D eigenvalue weighted by Gasteiger charge is -2.17. The Labute approximate surface area is 202 Å². The van der Waals surface area contributed by atoms with E-state index in [9.17, 15) is 27.6 Å². The molecule has 0 fully saturated rings. The van der Waals surface area contributed by atoms with Gasteiger partial charge in [0.2, 0.25) is 0 Å². The zero-order chi connectivity index (χ0) is 25.8. The zero-order valence-corrected chi connectivity index (χ0v) is 19.1. The van der Waals surface area contributed by atoms with Gasteiger partial charge in [-0.15, -0.1) is 10.2 Å². The molecule has 1 N–H and O–H groups in total. The molecule has 36 heavy (non-hydrogen) atoms. The molecule has 3 heterocycles. The number of benzene rings is 2. The number of hydrogen-bond donors (Lipinski definition) is 1. The first-order valence-electron chi connectivity index (χ1n) is 10.8. The number of nitrogens with one attached hydrogen (secondary N) is 1. The first-order chi connectivity index (χ1) is 17.0. The largest absolute Gasteiger partial charge is 0.417 e. The Morgan fingerprint density at radius 1 is 0.944 bits per heavy atom. The zero-order valence-electron chi connectivity index (χ0n) is 19.1. The van der Waals surface area contributed by atoms with Gasteiger partial charge in [0, 0.05) is 11.8 Å². The van der Waals surface area contributed by atoms with E-state index in [0.717, 1.165) is 32.7 Å². The van der Waals surface area contributed by atoms with Crippen LogP contribution in [0.15, 0.2) is 54.7 Å². The number of aryl methyl sites for hydroxylation is 2. The van der Waals surface area contributed by atoms with Crippen LogP contribution in [0, 0.1) is 13.8 Å². The van der Waals surface area contributed by atoms with Gasteiger partial charge in [-0.2, -0.15) is 13.2 Å². The summed E-state index contributed by atoms with van der Waals surface area (Å²) in [5, 5.41) is 10.2. The first kappa shape index (κ1) is 23.2. The summed E-state index contributed by atoms with van der Waals surface area (Å²) < 4.78 is 40.3. The topological polar surface area (TPSA) is 96.7 Å². The Morgan fingerprint density at radius 3 is 2.44 bits per heavy atom. The van der Waals surface area contributed by atoms with Crippen molar-refractivity contribution in [3.8, 4) is 0 Å². The van der Waals surface area contributed by atoms with E-state index in [1.165, 1.54) is 24.3 Å². The molecule has 0 radical (unpaired) electrons. The summed E-state index contributed by atoms with van der Waals surface area (Å²) in [6.07, 6.45) is -3.68.